The molecule has 0 amide bonds. The first-order valence-corrected chi connectivity index (χ1v) is 7.17. The van der Waals surface area contributed by atoms with E-state index < -0.39 is 28.6 Å². The molecule has 4 unspecified atom stereocenters. The predicted octanol–water partition coefficient (Wildman–Crippen LogP) is 2.64. The maximum absolute atomic E-state index is 9.92. The van der Waals surface area contributed by atoms with Gasteiger partial charge < -0.3 is 13.9 Å². The second-order valence-electron chi connectivity index (χ2n) is 5.91. The molecule has 0 aliphatic carbocycles. The standard InChI is InChI=1S/C16H14N4O3/c1-3-11-14(2)22-12(10-4-5-21-6-10)15(7-17,8-18)16(11,9-19)13(20)23-14/h4-6,11-12,20H,3H2,1-2H3. The summed E-state index contributed by atoms with van der Waals surface area (Å²) in [7, 11) is 0. The fraction of sp³-hybridized carbons (Fsp3) is 0.500. The highest BCUT2D eigenvalue weighted by Gasteiger charge is 2.78. The SMILES string of the molecule is CCC1C2(C)OC(=N)C1(C#N)C(C#N)(C#N)C(c1ccoc1)O2. The van der Waals surface area contributed by atoms with Gasteiger partial charge in [-0.3, -0.25) is 5.41 Å². The van der Waals surface area contributed by atoms with E-state index in [0.29, 0.717) is 12.0 Å². The van der Waals surface area contributed by atoms with Crippen LogP contribution < -0.4 is 0 Å². The zero-order valence-electron chi connectivity index (χ0n) is 12.7. The van der Waals surface area contributed by atoms with Crippen LogP contribution in [0.1, 0.15) is 31.9 Å². The van der Waals surface area contributed by atoms with Gasteiger partial charge in [0.25, 0.3) is 0 Å². The Bertz CT molecular complexity index is 768. The van der Waals surface area contributed by atoms with Crippen LogP contribution in [0.4, 0.5) is 0 Å². The summed E-state index contributed by atoms with van der Waals surface area (Å²) in [4.78, 5) is 0. The predicted molar refractivity (Wildman–Crippen MR) is 75.2 cm³/mol. The molecule has 0 aromatic carbocycles. The van der Waals surface area contributed by atoms with Crippen molar-refractivity contribution in [3.63, 3.8) is 0 Å². The second kappa shape index (κ2) is 4.59. The van der Waals surface area contributed by atoms with E-state index >= 15 is 0 Å². The Morgan fingerprint density at radius 3 is 2.43 bits per heavy atom. The van der Waals surface area contributed by atoms with Gasteiger partial charge in [0.1, 0.15) is 6.10 Å². The Balaban J connectivity index is 2.35. The molecule has 2 saturated heterocycles. The number of hydrogen-bond donors (Lipinski definition) is 1. The molecule has 1 aromatic heterocycles. The van der Waals surface area contributed by atoms with Crippen LogP contribution in [0.5, 0.6) is 0 Å². The van der Waals surface area contributed by atoms with Crippen molar-refractivity contribution in [3.05, 3.63) is 24.2 Å². The molecule has 23 heavy (non-hydrogen) atoms. The maximum atomic E-state index is 9.92. The van der Waals surface area contributed by atoms with E-state index in [-0.39, 0.29) is 5.90 Å². The highest BCUT2D eigenvalue weighted by atomic mass is 16.7. The summed E-state index contributed by atoms with van der Waals surface area (Å²) in [5, 5.41) is 37.8. The Kier molecular flexibility index (Phi) is 3.01. The first-order valence-electron chi connectivity index (χ1n) is 7.17. The van der Waals surface area contributed by atoms with Crippen LogP contribution in [0, 0.1) is 56.2 Å². The highest BCUT2D eigenvalue weighted by molar-refractivity contribution is 5.89. The first kappa shape index (κ1) is 15.1. The number of ether oxygens (including phenoxy) is 2. The summed E-state index contributed by atoms with van der Waals surface area (Å²) >= 11 is 0. The van der Waals surface area contributed by atoms with Crippen molar-refractivity contribution < 1.29 is 13.9 Å². The maximum Gasteiger partial charge on any atom is 0.214 e. The zero-order valence-corrected chi connectivity index (χ0v) is 12.7. The van der Waals surface area contributed by atoms with Crippen molar-refractivity contribution in [2.45, 2.75) is 32.2 Å². The molecule has 1 N–H and O–H groups in total. The fourth-order valence-electron chi connectivity index (χ4n) is 3.95. The van der Waals surface area contributed by atoms with Gasteiger partial charge in [-0.15, -0.1) is 0 Å². The molecule has 7 heteroatoms. The summed E-state index contributed by atoms with van der Waals surface area (Å²) in [6.45, 7) is 3.46. The topological polar surface area (TPSA) is 127 Å². The quantitative estimate of drug-likeness (QED) is 0.894. The van der Waals surface area contributed by atoms with Crippen molar-refractivity contribution in [1.29, 1.82) is 21.2 Å². The van der Waals surface area contributed by atoms with E-state index in [1.165, 1.54) is 12.5 Å². The van der Waals surface area contributed by atoms with Crippen LogP contribution in [-0.2, 0) is 9.47 Å². The number of hydrogen-bond acceptors (Lipinski definition) is 7. The molecule has 4 atom stereocenters. The summed E-state index contributed by atoms with van der Waals surface area (Å²) in [6, 6.07) is 7.58. The number of nitriles is 3. The Morgan fingerprint density at radius 1 is 1.26 bits per heavy atom. The average Bonchev–Trinajstić information content (AvgIpc) is 3.12. The lowest BCUT2D eigenvalue weighted by Gasteiger charge is -2.48. The van der Waals surface area contributed by atoms with Gasteiger partial charge in [0, 0.05) is 12.5 Å². The molecule has 2 fully saturated rings. The molecule has 0 spiro atoms. The molecule has 2 aliphatic heterocycles. The molecule has 0 radical (unpaired) electrons. The van der Waals surface area contributed by atoms with Crippen LogP contribution in [0.25, 0.3) is 0 Å². The van der Waals surface area contributed by atoms with E-state index in [1.807, 2.05) is 19.1 Å². The minimum absolute atomic E-state index is 0.386. The van der Waals surface area contributed by atoms with E-state index in [4.69, 9.17) is 19.3 Å². The van der Waals surface area contributed by atoms with Gasteiger partial charge in [-0.25, -0.2) is 0 Å². The molecule has 0 saturated carbocycles. The van der Waals surface area contributed by atoms with Crippen molar-refractivity contribution in [2.24, 2.45) is 16.7 Å². The molecule has 3 heterocycles. The number of nitrogens with zero attached hydrogens (tertiary/aromatic N) is 3. The largest absolute Gasteiger partial charge is 0.472 e. The normalized spacial score (nSPS) is 37.3. The fourth-order valence-corrected chi connectivity index (χ4v) is 3.95. The second-order valence-corrected chi connectivity index (χ2v) is 5.91. The van der Waals surface area contributed by atoms with Crippen molar-refractivity contribution >= 4 is 5.90 Å². The summed E-state index contributed by atoms with van der Waals surface area (Å²) in [6.07, 6.45) is 2.15. The molecule has 1 aromatic rings. The number of rotatable bonds is 2. The van der Waals surface area contributed by atoms with Crippen LogP contribution in [0.3, 0.4) is 0 Å². The van der Waals surface area contributed by atoms with E-state index in [2.05, 4.69) is 6.07 Å². The minimum Gasteiger partial charge on any atom is -0.472 e. The van der Waals surface area contributed by atoms with Crippen LogP contribution in [0.2, 0.25) is 0 Å². The van der Waals surface area contributed by atoms with Crippen molar-refractivity contribution in [3.8, 4) is 18.2 Å². The first-order chi connectivity index (χ1) is 11.0. The third-order valence-corrected chi connectivity index (χ3v) is 4.97. The lowest BCUT2D eigenvalue weighted by Crippen LogP contribution is -2.58. The Hall–Kier alpha value is -2.82. The molecule has 2 bridgehead atoms. The van der Waals surface area contributed by atoms with Crippen LogP contribution >= 0.6 is 0 Å². The number of nitrogens with one attached hydrogen (secondary N) is 1. The van der Waals surface area contributed by atoms with Gasteiger partial charge in [-0.2, -0.15) is 15.8 Å². The lowest BCUT2D eigenvalue weighted by molar-refractivity contribution is -0.273. The Labute approximate surface area is 133 Å². The monoisotopic (exact) mass is 310 g/mol. The molecular weight excluding hydrogens is 296 g/mol. The van der Waals surface area contributed by atoms with Gasteiger partial charge >= 0.3 is 0 Å². The molecule has 116 valence electrons. The molecule has 2 aliphatic rings. The van der Waals surface area contributed by atoms with Gasteiger partial charge in [-0.1, -0.05) is 6.92 Å². The van der Waals surface area contributed by atoms with Gasteiger partial charge in [0.2, 0.25) is 17.1 Å². The van der Waals surface area contributed by atoms with Gasteiger partial charge in [0.05, 0.1) is 36.7 Å². The van der Waals surface area contributed by atoms with E-state index in [1.54, 1.807) is 13.0 Å². The van der Waals surface area contributed by atoms with Crippen molar-refractivity contribution in [2.75, 3.05) is 0 Å². The zero-order chi connectivity index (χ0) is 16.9. The summed E-state index contributed by atoms with van der Waals surface area (Å²) in [5.41, 5.74) is -3.13. The third kappa shape index (κ3) is 1.46. The molecule has 3 rings (SSSR count). The number of fused-ring (bicyclic) bond motifs is 2. The summed E-state index contributed by atoms with van der Waals surface area (Å²) < 4.78 is 16.6. The van der Waals surface area contributed by atoms with Crippen LogP contribution in [-0.4, -0.2) is 11.7 Å². The third-order valence-electron chi connectivity index (χ3n) is 4.97. The van der Waals surface area contributed by atoms with Crippen molar-refractivity contribution in [1.82, 2.24) is 0 Å². The number of furan rings is 1. The van der Waals surface area contributed by atoms with Gasteiger partial charge in [0.15, 0.2) is 5.41 Å². The summed E-state index contributed by atoms with van der Waals surface area (Å²) in [5.74, 6) is -2.24. The molecule has 7 nitrogen and oxygen atoms in total. The smallest absolute Gasteiger partial charge is 0.214 e. The van der Waals surface area contributed by atoms with Crippen LogP contribution in [0.15, 0.2) is 23.0 Å². The average molecular weight is 310 g/mol. The van der Waals surface area contributed by atoms with E-state index in [9.17, 15) is 15.8 Å². The molecular formula is C16H14N4O3. The van der Waals surface area contributed by atoms with E-state index in [0.717, 1.165) is 0 Å². The lowest BCUT2D eigenvalue weighted by atomic mass is 9.53. The minimum atomic E-state index is -1.90. The van der Waals surface area contributed by atoms with Gasteiger partial charge in [-0.05, 0) is 12.5 Å². The highest BCUT2D eigenvalue weighted by Crippen LogP contribution is 2.67. The Morgan fingerprint density at radius 2 is 1.96 bits per heavy atom.